The molecule has 0 radical (unpaired) electrons. The van der Waals surface area contributed by atoms with Crippen LogP contribution in [0.2, 0.25) is 5.02 Å². The average Bonchev–Trinajstić information content (AvgIpc) is 3.47. The largest absolute Gasteiger partial charge is 0.339 e. The molecule has 10 heteroatoms. The first kappa shape index (κ1) is 22.4. The lowest BCUT2D eigenvalue weighted by atomic mass is 10.1. The van der Waals surface area contributed by atoms with Crippen molar-refractivity contribution in [2.45, 2.75) is 50.5 Å². The molecule has 1 aliphatic carbocycles. The zero-order valence-corrected chi connectivity index (χ0v) is 19.4. The molecule has 0 aliphatic heterocycles. The molecule has 2 N–H and O–H groups in total. The minimum absolute atomic E-state index is 0.0476. The normalized spacial score (nSPS) is 14.9. The number of nitrogens with one attached hydrogen (secondary N) is 2. The standard InChI is InChI=1S/C22H23ClN4O4S/c1-12-5-9-17(23)11-18(12)24-21(28)14(3)27-32(29,30)19-10-16(6-4-13(19)2)20-25-22(31-26-20)15-7-8-15/h4-6,9-11,14-15,27H,7-8H2,1-3H3,(H,24,28)/t14-/m1/s1. The van der Waals surface area contributed by atoms with Gasteiger partial charge in [0.25, 0.3) is 0 Å². The number of halogens is 1. The maximum Gasteiger partial charge on any atom is 0.242 e. The molecule has 0 spiro atoms. The van der Waals surface area contributed by atoms with Crippen molar-refractivity contribution < 1.29 is 17.7 Å². The van der Waals surface area contributed by atoms with Gasteiger partial charge in [-0.1, -0.05) is 35.0 Å². The van der Waals surface area contributed by atoms with E-state index in [0.717, 1.165) is 18.4 Å². The van der Waals surface area contributed by atoms with Crippen LogP contribution in [0.3, 0.4) is 0 Å². The van der Waals surface area contributed by atoms with Crippen LogP contribution in [0.25, 0.3) is 11.4 Å². The maximum atomic E-state index is 13.1. The number of carbonyl (C=O) groups is 1. The Balaban J connectivity index is 1.53. The Morgan fingerprint density at radius 1 is 1.16 bits per heavy atom. The second-order valence-corrected chi connectivity index (χ2v) is 10.1. The molecule has 3 aromatic rings. The van der Waals surface area contributed by atoms with Crippen molar-refractivity contribution in [3.63, 3.8) is 0 Å². The molecule has 0 unspecified atom stereocenters. The first-order valence-electron chi connectivity index (χ1n) is 10.2. The fraction of sp³-hybridized carbons (Fsp3) is 0.318. The average molecular weight is 475 g/mol. The highest BCUT2D eigenvalue weighted by atomic mass is 35.5. The quantitative estimate of drug-likeness (QED) is 0.530. The molecule has 0 saturated heterocycles. The highest BCUT2D eigenvalue weighted by Gasteiger charge is 2.30. The Morgan fingerprint density at radius 2 is 1.88 bits per heavy atom. The molecule has 0 bridgehead atoms. The zero-order chi connectivity index (χ0) is 23.0. The summed E-state index contributed by atoms with van der Waals surface area (Å²) in [5.41, 5.74) is 2.39. The number of amides is 1. The van der Waals surface area contributed by atoms with Crippen molar-refractivity contribution in [3.8, 4) is 11.4 Å². The van der Waals surface area contributed by atoms with E-state index < -0.39 is 22.0 Å². The third kappa shape index (κ3) is 4.85. The monoisotopic (exact) mass is 474 g/mol. The van der Waals surface area contributed by atoms with Gasteiger partial charge in [-0.3, -0.25) is 4.79 Å². The van der Waals surface area contributed by atoms with Crippen molar-refractivity contribution >= 4 is 33.2 Å². The summed E-state index contributed by atoms with van der Waals surface area (Å²) >= 11 is 5.99. The van der Waals surface area contributed by atoms with Gasteiger partial charge >= 0.3 is 0 Å². The summed E-state index contributed by atoms with van der Waals surface area (Å²) in [6.07, 6.45) is 2.04. The molecule has 1 fully saturated rings. The summed E-state index contributed by atoms with van der Waals surface area (Å²) < 4.78 is 33.9. The van der Waals surface area contributed by atoms with Crippen LogP contribution in [0.15, 0.2) is 45.8 Å². The smallest absolute Gasteiger partial charge is 0.242 e. The second-order valence-electron chi connectivity index (χ2n) is 8.00. The van der Waals surface area contributed by atoms with Crippen LogP contribution < -0.4 is 10.0 Å². The van der Waals surface area contributed by atoms with Crippen LogP contribution >= 0.6 is 11.6 Å². The van der Waals surface area contributed by atoms with Crippen LogP contribution in [0.4, 0.5) is 5.69 Å². The molecule has 8 nitrogen and oxygen atoms in total. The molecular weight excluding hydrogens is 452 g/mol. The molecular formula is C22H23ClN4O4S. The SMILES string of the molecule is Cc1ccc(Cl)cc1NC(=O)[C@@H](C)NS(=O)(=O)c1cc(-c2noc(C3CC3)n2)ccc1C. The molecule has 1 aliphatic rings. The number of anilines is 1. The minimum atomic E-state index is -4.00. The molecule has 32 heavy (non-hydrogen) atoms. The Labute approximate surface area is 191 Å². The Hall–Kier alpha value is -2.75. The molecule has 2 aromatic carbocycles. The number of sulfonamides is 1. The first-order chi connectivity index (χ1) is 15.1. The van der Waals surface area contributed by atoms with Gasteiger partial charge in [0.15, 0.2) is 0 Å². The van der Waals surface area contributed by atoms with Gasteiger partial charge in [0, 0.05) is 22.2 Å². The third-order valence-electron chi connectivity index (χ3n) is 5.29. The fourth-order valence-corrected chi connectivity index (χ4v) is 4.84. The minimum Gasteiger partial charge on any atom is -0.339 e. The number of hydrogen-bond acceptors (Lipinski definition) is 6. The summed E-state index contributed by atoms with van der Waals surface area (Å²) in [7, 11) is -4.00. The van der Waals surface area contributed by atoms with E-state index in [0.29, 0.717) is 39.5 Å². The maximum absolute atomic E-state index is 13.1. The van der Waals surface area contributed by atoms with Gasteiger partial charge < -0.3 is 9.84 Å². The van der Waals surface area contributed by atoms with E-state index in [4.69, 9.17) is 16.1 Å². The fourth-order valence-electron chi connectivity index (χ4n) is 3.20. The van der Waals surface area contributed by atoms with E-state index in [-0.39, 0.29) is 4.90 Å². The second kappa shape index (κ2) is 8.65. The van der Waals surface area contributed by atoms with Crippen LogP contribution in [0.1, 0.15) is 42.7 Å². The number of carbonyl (C=O) groups excluding carboxylic acids is 1. The highest BCUT2D eigenvalue weighted by molar-refractivity contribution is 7.89. The van der Waals surface area contributed by atoms with Crippen LogP contribution in [-0.4, -0.2) is 30.5 Å². The third-order valence-corrected chi connectivity index (χ3v) is 7.20. The predicted octanol–water partition coefficient (Wildman–Crippen LogP) is 4.19. The Bertz CT molecular complexity index is 1280. The van der Waals surface area contributed by atoms with Crippen molar-refractivity contribution in [2.24, 2.45) is 0 Å². The van der Waals surface area contributed by atoms with Crippen molar-refractivity contribution in [1.82, 2.24) is 14.9 Å². The number of rotatable bonds is 7. The topological polar surface area (TPSA) is 114 Å². The van der Waals surface area contributed by atoms with Crippen molar-refractivity contribution in [3.05, 3.63) is 58.4 Å². The number of aryl methyl sites for hydroxylation is 2. The van der Waals surface area contributed by atoms with Crippen LogP contribution in [0, 0.1) is 13.8 Å². The van der Waals surface area contributed by atoms with E-state index in [1.807, 2.05) is 6.92 Å². The molecule has 1 amide bonds. The lowest BCUT2D eigenvalue weighted by Crippen LogP contribution is -2.41. The van der Waals surface area contributed by atoms with E-state index >= 15 is 0 Å². The van der Waals surface area contributed by atoms with E-state index in [1.54, 1.807) is 37.3 Å². The van der Waals surface area contributed by atoms with Gasteiger partial charge in [0.05, 0.1) is 10.9 Å². The summed E-state index contributed by atoms with van der Waals surface area (Å²) in [6.45, 7) is 4.99. The summed E-state index contributed by atoms with van der Waals surface area (Å²) in [4.78, 5) is 17.0. The van der Waals surface area contributed by atoms with Crippen LogP contribution in [-0.2, 0) is 14.8 Å². The van der Waals surface area contributed by atoms with E-state index in [9.17, 15) is 13.2 Å². The lowest BCUT2D eigenvalue weighted by molar-refractivity contribution is -0.117. The zero-order valence-electron chi connectivity index (χ0n) is 17.8. The van der Waals surface area contributed by atoms with Crippen molar-refractivity contribution in [1.29, 1.82) is 0 Å². The number of nitrogens with zero attached hydrogens (tertiary/aromatic N) is 2. The van der Waals surface area contributed by atoms with Gasteiger partial charge in [-0.05, 0) is 62.9 Å². The highest BCUT2D eigenvalue weighted by Crippen LogP contribution is 2.39. The Kier molecular flexibility index (Phi) is 6.07. The molecule has 1 heterocycles. The predicted molar refractivity (Wildman–Crippen MR) is 121 cm³/mol. The van der Waals surface area contributed by atoms with Gasteiger partial charge in [-0.2, -0.15) is 9.71 Å². The Morgan fingerprint density at radius 3 is 2.59 bits per heavy atom. The van der Waals surface area contributed by atoms with Crippen LogP contribution in [0.5, 0.6) is 0 Å². The summed E-state index contributed by atoms with van der Waals surface area (Å²) in [6, 6.07) is 8.99. The summed E-state index contributed by atoms with van der Waals surface area (Å²) in [5, 5.41) is 7.16. The van der Waals surface area contributed by atoms with Gasteiger partial charge in [0.1, 0.15) is 0 Å². The molecule has 4 rings (SSSR count). The summed E-state index contributed by atoms with van der Waals surface area (Å²) in [5.74, 6) is 0.712. The molecule has 1 aromatic heterocycles. The number of aromatic nitrogens is 2. The molecule has 1 saturated carbocycles. The number of hydrogen-bond donors (Lipinski definition) is 2. The lowest BCUT2D eigenvalue weighted by Gasteiger charge is -2.17. The van der Waals surface area contributed by atoms with Gasteiger partial charge in [0.2, 0.25) is 27.6 Å². The van der Waals surface area contributed by atoms with Gasteiger partial charge in [-0.15, -0.1) is 0 Å². The van der Waals surface area contributed by atoms with Gasteiger partial charge in [-0.25, -0.2) is 8.42 Å². The van der Waals surface area contributed by atoms with E-state index in [1.165, 1.54) is 13.0 Å². The van der Waals surface area contributed by atoms with Crippen molar-refractivity contribution in [2.75, 3.05) is 5.32 Å². The van der Waals surface area contributed by atoms with E-state index in [2.05, 4.69) is 20.2 Å². The molecule has 168 valence electrons. The first-order valence-corrected chi connectivity index (χ1v) is 12.0. The molecule has 1 atom stereocenters. The number of benzene rings is 2.